The maximum absolute atomic E-state index is 5.37. The fraction of sp³-hybridized carbons (Fsp3) is 0.263. The van der Waals surface area contributed by atoms with E-state index in [1.165, 1.54) is 16.7 Å². The zero-order chi connectivity index (χ0) is 16.5. The Hall–Kier alpha value is -2.82. The van der Waals surface area contributed by atoms with Crippen molar-refractivity contribution in [2.75, 3.05) is 12.4 Å². The molecular weight excluding hydrogens is 300 g/mol. The van der Waals surface area contributed by atoms with Crippen LogP contribution in [0.25, 0.3) is 0 Å². The highest BCUT2D eigenvalue weighted by molar-refractivity contribution is 5.41. The van der Waals surface area contributed by atoms with Gasteiger partial charge in [0.15, 0.2) is 0 Å². The number of anilines is 1. The van der Waals surface area contributed by atoms with Crippen LogP contribution in [0.15, 0.2) is 54.9 Å². The lowest BCUT2D eigenvalue weighted by atomic mass is 9.91. The molecule has 5 heteroatoms. The largest absolute Gasteiger partial charge is 0.497 e. The average Bonchev–Trinajstić information content (AvgIpc) is 3.10. The Morgan fingerprint density at radius 1 is 1.17 bits per heavy atom. The van der Waals surface area contributed by atoms with Crippen molar-refractivity contribution in [3.8, 4) is 5.75 Å². The van der Waals surface area contributed by atoms with Crippen molar-refractivity contribution in [1.82, 2.24) is 14.8 Å². The molecule has 0 radical (unpaired) electrons. The van der Waals surface area contributed by atoms with E-state index in [4.69, 9.17) is 4.74 Å². The second-order valence-electron chi connectivity index (χ2n) is 6.11. The zero-order valence-electron chi connectivity index (χ0n) is 13.8. The molecule has 1 aromatic heterocycles. The maximum atomic E-state index is 5.37. The summed E-state index contributed by atoms with van der Waals surface area (Å²) in [5, 5.41) is 7.93. The summed E-state index contributed by atoms with van der Waals surface area (Å²) in [6.07, 6.45) is 2.52. The van der Waals surface area contributed by atoms with Gasteiger partial charge >= 0.3 is 0 Å². The Bertz CT molecular complexity index is 858. The molecule has 0 spiro atoms. The van der Waals surface area contributed by atoms with Gasteiger partial charge in [-0.15, -0.1) is 0 Å². The van der Waals surface area contributed by atoms with E-state index in [0.717, 1.165) is 18.1 Å². The van der Waals surface area contributed by atoms with E-state index in [1.54, 1.807) is 13.4 Å². The quantitative estimate of drug-likeness (QED) is 0.799. The molecule has 1 aliphatic rings. The summed E-state index contributed by atoms with van der Waals surface area (Å²) < 4.78 is 7.35. The summed E-state index contributed by atoms with van der Waals surface area (Å²) in [6.45, 7) is 2.15. The van der Waals surface area contributed by atoms with Crippen molar-refractivity contribution in [3.63, 3.8) is 0 Å². The third-order valence-corrected chi connectivity index (χ3v) is 4.67. The van der Waals surface area contributed by atoms with Crippen LogP contribution >= 0.6 is 0 Å². The number of aromatic nitrogens is 3. The van der Waals surface area contributed by atoms with Crippen LogP contribution in [-0.4, -0.2) is 21.9 Å². The van der Waals surface area contributed by atoms with Crippen molar-refractivity contribution < 1.29 is 4.74 Å². The highest BCUT2D eigenvalue weighted by atomic mass is 16.5. The Balaban J connectivity index is 1.75. The lowest BCUT2D eigenvalue weighted by Crippen LogP contribution is -2.28. The van der Waals surface area contributed by atoms with E-state index in [2.05, 4.69) is 58.7 Å². The molecule has 4 rings (SSSR count). The van der Waals surface area contributed by atoms with Crippen LogP contribution in [0.5, 0.6) is 5.75 Å². The van der Waals surface area contributed by atoms with Gasteiger partial charge in [-0.25, -0.2) is 4.68 Å². The third-order valence-electron chi connectivity index (χ3n) is 4.67. The molecule has 122 valence electrons. The van der Waals surface area contributed by atoms with Gasteiger partial charge in [0.2, 0.25) is 5.95 Å². The van der Waals surface area contributed by atoms with Gasteiger partial charge in [0, 0.05) is 0 Å². The average molecular weight is 320 g/mol. The molecule has 1 aliphatic heterocycles. The topological polar surface area (TPSA) is 52.0 Å². The molecule has 0 unspecified atom stereocenters. The van der Waals surface area contributed by atoms with E-state index >= 15 is 0 Å². The summed E-state index contributed by atoms with van der Waals surface area (Å²) in [7, 11) is 1.69. The van der Waals surface area contributed by atoms with Crippen molar-refractivity contribution in [1.29, 1.82) is 0 Å². The normalized spacial score (nSPS) is 19.4. The van der Waals surface area contributed by atoms with E-state index in [0.29, 0.717) is 0 Å². The number of nitrogens with one attached hydrogen (secondary N) is 1. The molecule has 0 amide bonds. The second-order valence-corrected chi connectivity index (χ2v) is 6.11. The number of benzene rings is 2. The number of methoxy groups -OCH3 is 1. The molecular formula is C19H20N4O. The number of ether oxygens (including phenoxy) is 1. The van der Waals surface area contributed by atoms with Gasteiger partial charge < -0.3 is 10.1 Å². The highest BCUT2D eigenvalue weighted by Gasteiger charge is 2.30. The van der Waals surface area contributed by atoms with Crippen LogP contribution in [0.1, 0.15) is 35.2 Å². The molecule has 0 bridgehead atoms. The summed E-state index contributed by atoms with van der Waals surface area (Å²) in [5.74, 6) is 1.68. The third kappa shape index (κ3) is 2.52. The van der Waals surface area contributed by atoms with Gasteiger partial charge in [0.25, 0.3) is 0 Å². The second kappa shape index (κ2) is 6.00. The smallest absolute Gasteiger partial charge is 0.222 e. The van der Waals surface area contributed by atoms with Gasteiger partial charge in [-0.3, -0.25) is 0 Å². The van der Waals surface area contributed by atoms with E-state index in [9.17, 15) is 0 Å². The first-order valence-electron chi connectivity index (χ1n) is 8.12. The Morgan fingerprint density at radius 3 is 2.88 bits per heavy atom. The first-order valence-corrected chi connectivity index (χ1v) is 8.12. The number of nitrogens with zero attached hydrogens (tertiary/aromatic N) is 3. The lowest BCUT2D eigenvalue weighted by Gasteiger charge is -2.32. The van der Waals surface area contributed by atoms with Gasteiger partial charge in [-0.1, -0.05) is 36.4 Å². The van der Waals surface area contributed by atoms with Gasteiger partial charge in [-0.2, -0.15) is 10.1 Å². The zero-order valence-corrected chi connectivity index (χ0v) is 13.8. The van der Waals surface area contributed by atoms with Crippen LogP contribution in [0, 0.1) is 6.92 Å². The minimum Gasteiger partial charge on any atom is -0.497 e. The van der Waals surface area contributed by atoms with Crippen LogP contribution in [0.4, 0.5) is 5.95 Å². The van der Waals surface area contributed by atoms with Gasteiger partial charge in [0.05, 0.1) is 19.2 Å². The molecule has 2 aromatic carbocycles. The predicted molar refractivity (Wildman–Crippen MR) is 93.3 cm³/mol. The highest BCUT2D eigenvalue weighted by Crippen LogP contribution is 2.38. The number of aryl methyl sites for hydroxylation is 1. The molecule has 5 nitrogen and oxygen atoms in total. The minimum absolute atomic E-state index is 0.168. The fourth-order valence-electron chi connectivity index (χ4n) is 3.42. The summed E-state index contributed by atoms with van der Waals surface area (Å²) in [4.78, 5) is 4.39. The SMILES string of the molecule is COc1cccc([C@H]2C[C@H](c3ccccc3C)n3ncnc3N2)c1. The van der Waals surface area contributed by atoms with Crippen LogP contribution in [0.2, 0.25) is 0 Å². The Kier molecular flexibility index (Phi) is 3.69. The molecule has 0 aliphatic carbocycles. The molecule has 1 N–H and O–H groups in total. The Labute approximate surface area is 141 Å². The molecule has 0 saturated heterocycles. The molecule has 3 aromatic rings. The van der Waals surface area contributed by atoms with Crippen molar-refractivity contribution in [3.05, 3.63) is 71.5 Å². The summed E-state index contributed by atoms with van der Waals surface area (Å²) in [6, 6.07) is 17.0. The van der Waals surface area contributed by atoms with E-state index in [1.807, 2.05) is 16.8 Å². The maximum Gasteiger partial charge on any atom is 0.222 e. The van der Waals surface area contributed by atoms with Crippen LogP contribution < -0.4 is 10.1 Å². The molecule has 2 heterocycles. The van der Waals surface area contributed by atoms with Crippen molar-refractivity contribution in [2.24, 2.45) is 0 Å². The van der Waals surface area contributed by atoms with Crippen LogP contribution in [-0.2, 0) is 0 Å². The summed E-state index contributed by atoms with van der Waals surface area (Å²) in [5.41, 5.74) is 3.76. The predicted octanol–water partition coefficient (Wildman–Crippen LogP) is 3.74. The van der Waals surface area contributed by atoms with Gasteiger partial charge in [-0.05, 0) is 42.2 Å². The first kappa shape index (κ1) is 14.8. The molecule has 0 saturated carbocycles. The number of fused-ring (bicyclic) bond motifs is 1. The lowest BCUT2D eigenvalue weighted by molar-refractivity contribution is 0.409. The minimum atomic E-state index is 0.168. The number of hydrogen-bond donors (Lipinski definition) is 1. The Morgan fingerprint density at radius 2 is 2.04 bits per heavy atom. The monoisotopic (exact) mass is 320 g/mol. The van der Waals surface area contributed by atoms with Crippen LogP contribution in [0.3, 0.4) is 0 Å². The molecule has 0 fully saturated rings. The fourth-order valence-corrected chi connectivity index (χ4v) is 3.42. The van der Waals surface area contributed by atoms with Crippen molar-refractivity contribution >= 4 is 5.95 Å². The van der Waals surface area contributed by atoms with Gasteiger partial charge in [0.1, 0.15) is 12.1 Å². The molecule has 24 heavy (non-hydrogen) atoms. The van der Waals surface area contributed by atoms with E-state index in [-0.39, 0.29) is 12.1 Å². The number of rotatable bonds is 3. The van der Waals surface area contributed by atoms with E-state index < -0.39 is 0 Å². The van der Waals surface area contributed by atoms with Crippen molar-refractivity contribution in [2.45, 2.75) is 25.4 Å². The first-order chi connectivity index (χ1) is 11.8. The summed E-state index contributed by atoms with van der Waals surface area (Å²) >= 11 is 0. The molecule has 2 atom stereocenters. The number of hydrogen-bond acceptors (Lipinski definition) is 4. The standard InChI is InChI=1S/C19H20N4O/c1-13-6-3-4-9-16(13)18-11-17(22-19-20-12-21-23(18)19)14-7-5-8-15(10-14)24-2/h3-10,12,17-18H,11H2,1-2H3,(H,20,21,22)/t17-,18-/m1/s1.